The van der Waals surface area contributed by atoms with Crippen LogP contribution in [-0.4, -0.2) is 40.3 Å². The number of anilines is 2. The van der Waals surface area contributed by atoms with E-state index in [2.05, 4.69) is 20.2 Å². The first-order valence-electron chi connectivity index (χ1n) is 9.50. The number of carboxylic acids is 1. The van der Waals surface area contributed by atoms with Crippen molar-refractivity contribution in [3.8, 4) is 11.1 Å². The number of imidazole rings is 2. The lowest BCUT2D eigenvalue weighted by Gasteiger charge is -2.21. The van der Waals surface area contributed by atoms with Crippen molar-refractivity contribution in [3.05, 3.63) is 72.8 Å². The Morgan fingerprint density at radius 1 is 1.16 bits per heavy atom. The Kier molecular flexibility index (Phi) is 3.47. The molecule has 10 nitrogen and oxygen atoms in total. The molecule has 4 aromatic heterocycles. The number of fused-ring (bicyclic) bond motifs is 4. The van der Waals surface area contributed by atoms with Crippen LogP contribution in [0.3, 0.4) is 0 Å². The molecule has 0 saturated carbocycles. The molecule has 0 amide bonds. The van der Waals surface area contributed by atoms with Crippen molar-refractivity contribution in [2.75, 3.05) is 5.01 Å². The second-order valence-corrected chi connectivity index (χ2v) is 7.12. The molecular weight excluding hydrogens is 396 g/mol. The number of aromatic carboxylic acids is 1. The minimum atomic E-state index is -1.13. The van der Waals surface area contributed by atoms with Gasteiger partial charge < -0.3 is 5.11 Å². The molecular formula is C21H16N8O2. The molecule has 31 heavy (non-hydrogen) atoms. The second kappa shape index (κ2) is 6.21. The van der Waals surface area contributed by atoms with Crippen LogP contribution in [0.1, 0.15) is 10.5 Å². The molecule has 0 aliphatic carbocycles. The van der Waals surface area contributed by atoms with Crippen LogP contribution in [0.15, 0.2) is 67.1 Å². The van der Waals surface area contributed by atoms with Crippen LogP contribution in [0.5, 0.6) is 0 Å². The van der Waals surface area contributed by atoms with Crippen LogP contribution < -0.4 is 10.9 Å². The van der Waals surface area contributed by atoms with E-state index < -0.39 is 5.97 Å². The smallest absolute Gasteiger partial charge is 0.356 e. The third-order valence-corrected chi connectivity index (χ3v) is 5.35. The van der Waals surface area contributed by atoms with Gasteiger partial charge in [-0.1, -0.05) is 30.3 Å². The normalized spacial score (nSPS) is 11.6. The maximum absolute atomic E-state index is 11.9. The van der Waals surface area contributed by atoms with Crippen LogP contribution >= 0.6 is 0 Å². The van der Waals surface area contributed by atoms with E-state index in [9.17, 15) is 9.90 Å². The Labute approximate surface area is 174 Å². The monoisotopic (exact) mass is 412 g/mol. The van der Waals surface area contributed by atoms with E-state index in [0.29, 0.717) is 11.3 Å². The summed E-state index contributed by atoms with van der Waals surface area (Å²) in [5, 5.41) is 17.1. The summed E-state index contributed by atoms with van der Waals surface area (Å²) in [4.78, 5) is 20.9. The zero-order valence-electron chi connectivity index (χ0n) is 16.0. The van der Waals surface area contributed by atoms with Gasteiger partial charge in [0.15, 0.2) is 17.0 Å². The first-order valence-corrected chi connectivity index (χ1v) is 9.50. The number of carboxylic acid groups (broad SMARTS) is 1. The van der Waals surface area contributed by atoms with Gasteiger partial charge in [-0.3, -0.25) is 15.2 Å². The van der Waals surface area contributed by atoms with Crippen molar-refractivity contribution < 1.29 is 9.90 Å². The fraction of sp³-hybridized carbons (Fsp3) is 0. The standard InChI is InChI=1S/C21H16N8O2/c22-28(19-18(21(30)31)26-27-9-8-23-20(19)27)15-11-16-14(25-17-6-7-24-29(16)17)10-13(15)12-4-2-1-3-5-12/h1-11,24,26H,22H2,(H,30,31). The van der Waals surface area contributed by atoms with Crippen molar-refractivity contribution in [2.24, 2.45) is 5.84 Å². The number of hydrogen-bond acceptors (Lipinski definition) is 5. The van der Waals surface area contributed by atoms with Gasteiger partial charge in [-0.15, -0.1) is 0 Å². The highest BCUT2D eigenvalue weighted by Crippen LogP contribution is 2.39. The lowest BCUT2D eigenvalue weighted by atomic mass is 10.0. The Morgan fingerprint density at radius 2 is 2.00 bits per heavy atom. The Bertz CT molecular complexity index is 1590. The molecule has 0 unspecified atom stereocenters. The number of H-pyrrole nitrogens is 2. The molecule has 6 rings (SSSR count). The van der Waals surface area contributed by atoms with Crippen LogP contribution in [-0.2, 0) is 0 Å². The third kappa shape index (κ3) is 2.45. The number of aromatic nitrogens is 6. The van der Waals surface area contributed by atoms with Crippen LogP contribution in [0.4, 0.5) is 11.4 Å². The van der Waals surface area contributed by atoms with E-state index in [1.54, 1.807) is 18.6 Å². The first-order chi connectivity index (χ1) is 15.1. The van der Waals surface area contributed by atoms with Gasteiger partial charge in [0.2, 0.25) is 0 Å². The van der Waals surface area contributed by atoms with Crippen LogP contribution in [0, 0.1) is 0 Å². The highest BCUT2D eigenvalue weighted by Gasteiger charge is 2.26. The Hall–Kier alpha value is -4.57. The first kappa shape index (κ1) is 17.3. The number of hydrogen-bond donors (Lipinski definition) is 4. The summed E-state index contributed by atoms with van der Waals surface area (Å²) in [6.07, 6.45) is 5.02. The number of carbonyl (C=O) groups is 1. The van der Waals surface area contributed by atoms with E-state index in [1.807, 2.05) is 53.0 Å². The number of rotatable bonds is 4. The Balaban J connectivity index is 1.67. The summed E-state index contributed by atoms with van der Waals surface area (Å²) in [5.74, 6) is 5.47. The molecule has 4 heterocycles. The summed E-state index contributed by atoms with van der Waals surface area (Å²) >= 11 is 0. The summed E-state index contributed by atoms with van der Waals surface area (Å²) in [7, 11) is 0. The average Bonchev–Trinajstić information content (AvgIpc) is 3.53. The van der Waals surface area contributed by atoms with Gasteiger partial charge in [-0.2, -0.15) is 0 Å². The van der Waals surface area contributed by atoms with Crippen molar-refractivity contribution in [2.45, 2.75) is 0 Å². The highest BCUT2D eigenvalue weighted by atomic mass is 16.4. The van der Waals surface area contributed by atoms with Crippen molar-refractivity contribution >= 4 is 39.7 Å². The van der Waals surface area contributed by atoms with E-state index in [4.69, 9.17) is 5.84 Å². The molecule has 10 heteroatoms. The minimum Gasteiger partial charge on any atom is -0.476 e. The zero-order valence-corrected chi connectivity index (χ0v) is 16.0. The van der Waals surface area contributed by atoms with Gasteiger partial charge >= 0.3 is 5.97 Å². The Morgan fingerprint density at radius 3 is 2.81 bits per heavy atom. The maximum Gasteiger partial charge on any atom is 0.356 e. The van der Waals surface area contributed by atoms with E-state index in [0.717, 1.165) is 27.8 Å². The molecule has 0 bridgehead atoms. The predicted octanol–water partition coefficient (Wildman–Crippen LogP) is 3.17. The van der Waals surface area contributed by atoms with Gasteiger partial charge in [-0.25, -0.2) is 29.6 Å². The van der Waals surface area contributed by atoms with Gasteiger partial charge in [0.05, 0.1) is 16.7 Å². The molecule has 0 atom stereocenters. The lowest BCUT2D eigenvalue weighted by Crippen LogP contribution is -2.27. The zero-order chi connectivity index (χ0) is 21.1. The van der Waals surface area contributed by atoms with Gasteiger partial charge in [0, 0.05) is 30.2 Å². The highest BCUT2D eigenvalue weighted by molar-refractivity contribution is 6.01. The van der Waals surface area contributed by atoms with Crippen molar-refractivity contribution in [3.63, 3.8) is 0 Å². The molecule has 0 radical (unpaired) electrons. The van der Waals surface area contributed by atoms with Crippen LogP contribution in [0.25, 0.3) is 33.5 Å². The lowest BCUT2D eigenvalue weighted by molar-refractivity contribution is 0.0691. The number of aromatic amines is 2. The summed E-state index contributed by atoms with van der Waals surface area (Å²) in [5.41, 5.74) is 5.37. The average molecular weight is 412 g/mol. The largest absolute Gasteiger partial charge is 0.476 e. The van der Waals surface area contributed by atoms with Crippen LogP contribution in [0.2, 0.25) is 0 Å². The fourth-order valence-corrected chi connectivity index (χ4v) is 3.97. The second-order valence-electron chi connectivity index (χ2n) is 7.12. The van der Waals surface area contributed by atoms with Gasteiger partial charge in [0.1, 0.15) is 5.69 Å². The summed E-state index contributed by atoms with van der Waals surface area (Å²) in [6, 6.07) is 15.5. The van der Waals surface area contributed by atoms with Crippen molar-refractivity contribution in [1.82, 2.24) is 29.2 Å². The number of benzene rings is 2. The quantitative estimate of drug-likeness (QED) is 0.260. The molecule has 5 N–H and O–H groups in total. The summed E-state index contributed by atoms with van der Waals surface area (Å²) < 4.78 is 3.38. The molecule has 0 aliphatic heterocycles. The molecule has 6 aromatic rings. The number of nitrogens with zero attached hydrogens (tertiary/aromatic N) is 5. The molecule has 0 spiro atoms. The molecule has 0 fully saturated rings. The number of hydrazine groups is 1. The van der Waals surface area contributed by atoms with Gasteiger partial charge in [0.25, 0.3) is 0 Å². The van der Waals surface area contributed by atoms with Crippen molar-refractivity contribution in [1.29, 1.82) is 0 Å². The minimum absolute atomic E-state index is 0.0528. The summed E-state index contributed by atoms with van der Waals surface area (Å²) in [6.45, 7) is 0. The van der Waals surface area contributed by atoms with E-state index >= 15 is 0 Å². The number of nitrogens with two attached hydrogens (primary N) is 1. The fourth-order valence-electron chi connectivity index (χ4n) is 3.97. The molecule has 0 saturated heterocycles. The van der Waals surface area contributed by atoms with E-state index in [-0.39, 0.29) is 11.4 Å². The SMILES string of the molecule is NN(c1cc2c(cc1-c1ccccc1)nc1cc[nH]n12)c1c(C(=O)O)[nH]n2ccnc12. The topological polar surface area (TPSA) is 133 Å². The molecule has 152 valence electrons. The molecule has 0 aliphatic rings. The van der Waals surface area contributed by atoms with E-state index in [1.165, 1.54) is 9.52 Å². The number of nitrogens with one attached hydrogen (secondary N) is 2. The third-order valence-electron chi connectivity index (χ3n) is 5.35. The predicted molar refractivity (Wildman–Crippen MR) is 115 cm³/mol. The van der Waals surface area contributed by atoms with Gasteiger partial charge in [-0.05, 0) is 17.7 Å². The molecule has 2 aromatic carbocycles. The maximum atomic E-state index is 11.9.